The van der Waals surface area contributed by atoms with Crippen LogP contribution in [0.5, 0.6) is 0 Å². The van der Waals surface area contributed by atoms with Gasteiger partial charge in [-0.15, -0.1) is 11.6 Å². The third-order valence-electron chi connectivity index (χ3n) is 2.46. The monoisotopic (exact) mass is 296 g/mol. The zero-order valence-corrected chi connectivity index (χ0v) is 10.9. The molecule has 0 radical (unpaired) electrons. The van der Waals surface area contributed by atoms with Gasteiger partial charge in [-0.25, -0.2) is 8.78 Å². The van der Waals surface area contributed by atoms with Crippen LogP contribution in [0, 0.1) is 11.6 Å². The third-order valence-corrected chi connectivity index (χ3v) is 3.26. The Hall–Kier alpha value is -0.150. The summed E-state index contributed by atoms with van der Waals surface area (Å²) in [6.45, 7) is 3.70. The standard InChI is InChI=1S/C11H12BrClF2/c1-11(2,3-4-13)7-5-10(15)8(12)6-9(7)14/h5-6H,3-4H2,1-2H3. The minimum Gasteiger partial charge on any atom is -0.207 e. The zero-order valence-electron chi connectivity index (χ0n) is 8.58. The number of halogens is 4. The lowest BCUT2D eigenvalue weighted by atomic mass is 9.82. The summed E-state index contributed by atoms with van der Waals surface area (Å²) in [6, 6.07) is 2.38. The quantitative estimate of drug-likeness (QED) is 0.563. The first-order valence-electron chi connectivity index (χ1n) is 4.59. The average molecular weight is 298 g/mol. The molecule has 0 amide bonds. The normalized spacial score (nSPS) is 11.9. The summed E-state index contributed by atoms with van der Waals surface area (Å²) in [4.78, 5) is 0. The van der Waals surface area contributed by atoms with Crippen LogP contribution in [-0.2, 0) is 5.41 Å². The number of hydrogen-bond donors (Lipinski definition) is 0. The number of benzene rings is 1. The van der Waals surface area contributed by atoms with Crippen LogP contribution in [0.3, 0.4) is 0 Å². The molecule has 0 bridgehead atoms. The van der Waals surface area contributed by atoms with Crippen molar-refractivity contribution in [3.05, 3.63) is 33.8 Å². The van der Waals surface area contributed by atoms with Gasteiger partial charge in [-0.05, 0) is 45.5 Å². The number of rotatable bonds is 3. The summed E-state index contributed by atoms with van der Waals surface area (Å²) >= 11 is 8.58. The van der Waals surface area contributed by atoms with Crippen molar-refractivity contribution < 1.29 is 8.78 Å². The van der Waals surface area contributed by atoms with E-state index in [-0.39, 0.29) is 4.47 Å². The molecule has 0 unspecified atom stereocenters. The van der Waals surface area contributed by atoms with E-state index in [4.69, 9.17) is 11.6 Å². The largest absolute Gasteiger partial charge is 0.207 e. The van der Waals surface area contributed by atoms with Crippen molar-refractivity contribution in [2.45, 2.75) is 25.7 Å². The van der Waals surface area contributed by atoms with Gasteiger partial charge in [0.25, 0.3) is 0 Å². The Morgan fingerprint density at radius 1 is 1.27 bits per heavy atom. The molecule has 0 aliphatic carbocycles. The van der Waals surface area contributed by atoms with Crippen molar-refractivity contribution in [3.8, 4) is 0 Å². The molecule has 1 aromatic rings. The molecule has 0 spiro atoms. The fourth-order valence-corrected chi connectivity index (χ4v) is 2.20. The van der Waals surface area contributed by atoms with Gasteiger partial charge in [-0.1, -0.05) is 13.8 Å². The van der Waals surface area contributed by atoms with Gasteiger partial charge in [0.1, 0.15) is 11.6 Å². The van der Waals surface area contributed by atoms with Crippen molar-refractivity contribution in [3.63, 3.8) is 0 Å². The average Bonchev–Trinajstić information content (AvgIpc) is 2.11. The third kappa shape index (κ3) is 2.91. The van der Waals surface area contributed by atoms with E-state index in [1.165, 1.54) is 6.07 Å². The van der Waals surface area contributed by atoms with Crippen LogP contribution in [-0.4, -0.2) is 5.88 Å². The SMILES string of the molecule is CC(C)(CCCl)c1cc(F)c(Br)cc1F. The molecule has 15 heavy (non-hydrogen) atoms. The molecule has 0 saturated carbocycles. The molecule has 0 nitrogen and oxygen atoms in total. The summed E-state index contributed by atoms with van der Waals surface area (Å²) in [5.74, 6) is -0.433. The zero-order chi connectivity index (χ0) is 11.6. The summed E-state index contributed by atoms with van der Waals surface area (Å²) in [5.41, 5.74) is -0.0863. The van der Waals surface area contributed by atoms with Crippen molar-refractivity contribution >= 4 is 27.5 Å². The van der Waals surface area contributed by atoms with Crippen LogP contribution in [0.4, 0.5) is 8.78 Å². The fourth-order valence-electron chi connectivity index (χ4n) is 1.41. The van der Waals surface area contributed by atoms with E-state index >= 15 is 0 Å². The van der Waals surface area contributed by atoms with Crippen LogP contribution in [0.2, 0.25) is 0 Å². The smallest absolute Gasteiger partial charge is 0.137 e. The Morgan fingerprint density at radius 2 is 1.87 bits per heavy atom. The molecule has 84 valence electrons. The van der Waals surface area contributed by atoms with Gasteiger partial charge >= 0.3 is 0 Å². The molecule has 0 aliphatic rings. The molecule has 4 heteroatoms. The molecule has 0 aromatic heterocycles. The molecule has 1 aromatic carbocycles. The summed E-state index contributed by atoms with van der Waals surface area (Å²) in [7, 11) is 0. The highest BCUT2D eigenvalue weighted by Crippen LogP contribution is 2.32. The molecular weight excluding hydrogens is 285 g/mol. The highest BCUT2D eigenvalue weighted by Gasteiger charge is 2.24. The van der Waals surface area contributed by atoms with E-state index in [2.05, 4.69) is 15.9 Å². The molecule has 1 rings (SSSR count). The Bertz CT molecular complexity index is 364. The second kappa shape index (κ2) is 4.79. The van der Waals surface area contributed by atoms with Crippen LogP contribution in [0.1, 0.15) is 25.8 Å². The number of hydrogen-bond acceptors (Lipinski definition) is 0. The topological polar surface area (TPSA) is 0 Å². The first-order valence-corrected chi connectivity index (χ1v) is 5.92. The van der Waals surface area contributed by atoms with Crippen molar-refractivity contribution in [2.24, 2.45) is 0 Å². The maximum absolute atomic E-state index is 13.6. The lowest BCUT2D eigenvalue weighted by Gasteiger charge is -2.24. The van der Waals surface area contributed by atoms with Crippen molar-refractivity contribution in [1.82, 2.24) is 0 Å². The van der Waals surface area contributed by atoms with Crippen molar-refractivity contribution in [1.29, 1.82) is 0 Å². The Balaban J connectivity index is 3.19. The van der Waals surface area contributed by atoms with Gasteiger partial charge in [0, 0.05) is 5.88 Å². The minimum atomic E-state index is -0.451. The predicted octanol–water partition coefficient (Wildman–Crippen LogP) is 4.63. The summed E-state index contributed by atoms with van der Waals surface area (Å²) in [6.07, 6.45) is 0.604. The Morgan fingerprint density at radius 3 is 2.40 bits per heavy atom. The van der Waals surface area contributed by atoms with E-state index in [0.29, 0.717) is 17.9 Å². The van der Waals surface area contributed by atoms with E-state index in [1.807, 2.05) is 13.8 Å². The van der Waals surface area contributed by atoms with Crippen LogP contribution < -0.4 is 0 Å². The van der Waals surface area contributed by atoms with Gasteiger partial charge in [0.2, 0.25) is 0 Å². The van der Waals surface area contributed by atoms with Gasteiger partial charge in [-0.2, -0.15) is 0 Å². The first kappa shape index (κ1) is 12.9. The second-order valence-electron chi connectivity index (χ2n) is 4.07. The Kier molecular flexibility index (Phi) is 4.13. The molecule has 0 N–H and O–H groups in total. The minimum absolute atomic E-state index is 0.144. The highest BCUT2D eigenvalue weighted by molar-refractivity contribution is 9.10. The molecule has 0 aliphatic heterocycles. The van der Waals surface area contributed by atoms with Gasteiger partial charge in [0.15, 0.2) is 0 Å². The van der Waals surface area contributed by atoms with E-state index in [0.717, 1.165) is 6.07 Å². The van der Waals surface area contributed by atoms with Gasteiger partial charge < -0.3 is 0 Å². The van der Waals surface area contributed by atoms with Gasteiger partial charge in [0.05, 0.1) is 4.47 Å². The molecular formula is C11H12BrClF2. The predicted molar refractivity (Wildman–Crippen MR) is 62.4 cm³/mol. The van der Waals surface area contributed by atoms with Crippen LogP contribution in [0.25, 0.3) is 0 Å². The second-order valence-corrected chi connectivity index (χ2v) is 5.30. The van der Waals surface area contributed by atoms with Gasteiger partial charge in [-0.3, -0.25) is 0 Å². The summed E-state index contributed by atoms with van der Waals surface area (Å²) < 4.78 is 27.0. The molecule has 0 heterocycles. The Labute approximate surface area is 102 Å². The summed E-state index contributed by atoms with van der Waals surface area (Å²) in [5, 5.41) is 0. The lowest BCUT2D eigenvalue weighted by Crippen LogP contribution is -2.20. The van der Waals surface area contributed by atoms with Crippen molar-refractivity contribution in [2.75, 3.05) is 5.88 Å². The highest BCUT2D eigenvalue weighted by atomic mass is 79.9. The van der Waals surface area contributed by atoms with E-state index in [9.17, 15) is 8.78 Å². The maximum atomic E-state index is 13.6. The first-order chi connectivity index (χ1) is 6.88. The molecule has 0 saturated heterocycles. The fraction of sp³-hybridized carbons (Fsp3) is 0.455. The maximum Gasteiger partial charge on any atom is 0.137 e. The molecule has 0 fully saturated rings. The molecule has 0 atom stereocenters. The van der Waals surface area contributed by atoms with Crippen LogP contribution in [0.15, 0.2) is 16.6 Å². The lowest BCUT2D eigenvalue weighted by molar-refractivity contribution is 0.464. The van der Waals surface area contributed by atoms with E-state index < -0.39 is 17.0 Å². The van der Waals surface area contributed by atoms with E-state index in [1.54, 1.807) is 0 Å². The van der Waals surface area contributed by atoms with Crippen LogP contribution >= 0.6 is 27.5 Å². The number of alkyl halides is 1.